The number of thioether (sulfide) groups is 1. The molecule has 4 heteroatoms. The van der Waals surface area contributed by atoms with Crippen molar-refractivity contribution in [2.24, 2.45) is 0 Å². The molecule has 1 aromatic carbocycles. The minimum atomic E-state index is -0.0404. The lowest BCUT2D eigenvalue weighted by Gasteiger charge is -2.02. The summed E-state index contributed by atoms with van der Waals surface area (Å²) in [6.07, 6.45) is 2.43. The van der Waals surface area contributed by atoms with E-state index < -0.39 is 0 Å². The van der Waals surface area contributed by atoms with Crippen LogP contribution in [0.25, 0.3) is 0 Å². The van der Waals surface area contributed by atoms with Crippen LogP contribution >= 0.6 is 11.8 Å². The third kappa shape index (κ3) is 4.31. The van der Waals surface area contributed by atoms with Gasteiger partial charge in [-0.25, -0.2) is 0 Å². The standard InChI is InChI=1S/C12H13NO2S/c1-2-6-13-12(15)9-16-11-5-3-4-10(7-11)8-14/h2-5,7-8H,1,6,9H2,(H,13,15). The summed E-state index contributed by atoms with van der Waals surface area (Å²) in [6.45, 7) is 3.99. The summed E-state index contributed by atoms with van der Waals surface area (Å²) >= 11 is 1.40. The first-order valence-electron chi connectivity index (χ1n) is 4.82. The molecule has 0 aliphatic heterocycles. The van der Waals surface area contributed by atoms with Gasteiger partial charge in [0.1, 0.15) is 6.29 Å². The number of carbonyl (C=O) groups excluding carboxylic acids is 2. The quantitative estimate of drug-likeness (QED) is 0.465. The maximum absolute atomic E-state index is 11.3. The number of benzene rings is 1. The van der Waals surface area contributed by atoms with E-state index in [1.165, 1.54) is 11.8 Å². The summed E-state index contributed by atoms with van der Waals surface area (Å²) in [5.74, 6) is 0.303. The molecule has 0 saturated heterocycles. The molecule has 0 aliphatic carbocycles. The maximum Gasteiger partial charge on any atom is 0.230 e. The van der Waals surface area contributed by atoms with E-state index in [0.717, 1.165) is 11.2 Å². The summed E-state index contributed by atoms with van der Waals surface area (Å²) in [5, 5.41) is 2.68. The van der Waals surface area contributed by atoms with Gasteiger partial charge in [-0.05, 0) is 12.1 Å². The van der Waals surface area contributed by atoms with Crippen molar-refractivity contribution in [3.8, 4) is 0 Å². The molecule has 0 heterocycles. The van der Waals surface area contributed by atoms with Crippen molar-refractivity contribution in [3.63, 3.8) is 0 Å². The highest BCUT2D eigenvalue weighted by atomic mass is 32.2. The smallest absolute Gasteiger partial charge is 0.230 e. The van der Waals surface area contributed by atoms with Gasteiger partial charge in [-0.1, -0.05) is 18.2 Å². The van der Waals surface area contributed by atoms with Crippen LogP contribution in [0.15, 0.2) is 41.8 Å². The number of hydrogen-bond donors (Lipinski definition) is 1. The summed E-state index contributed by atoms with van der Waals surface area (Å²) < 4.78 is 0. The maximum atomic E-state index is 11.3. The van der Waals surface area contributed by atoms with E-state index >= 15 is 0 Å². The third-order valence-electron chi connectivity index (χ3n) is 1.81. The zero-order valence-electron chi connectivity index (χ0n) is 8.81. The number of amides is 1. The van der Waals surface area contributed by atoms with Crippen LogP contribution in [-0.4, -0.2) is 24.5 Å². The molecule has 0 unspecified atom stereocenters. The van der Waals surface area contributed by atoms with Gasteiger partial charge in [0.2, 0.25) is 5.91 Å². The SMILES string of the molecule is C=CCNC(=O)CSc1cccc(C=O)c1. The average molecular weight is 235 g/mol. The zero-order chi connectivity index (χ0) is 11.8. The van der Waals surface area contributed by atoms with Gasteiger partial charge < -0.3 is 5.32 Å². The minimum Gasteiger partial charge on any atom is -0.352 e. The molecule has 84 valence electrons. The van der Waals surface area contributed by atoms with Crippen LogP contribution in [0.4, 0.5) is 0 Å². The Balaban J connectivity index is 2.44. The van der Waals surface area contributed by atoms with Crippen molar-refractivity contribution >= 4 is 24.0 Å². The van der Waals surface area contributed by atoms with Crippen LogP contribution in [0.2, 0.25) is 0 Å². The minimum absolute atomic E-state index is 0.0404. The van der Waals surface area contributed by atoms with Gasteiger partial charge in [-0.3, -0.25) is 9.59 Å². The van der Waals surface area contributed by atoms with E-state index in [4.69, 9.17) is 0 Å². The van der Waals surface area contributed by atoms with E-state index in [2.05, 4.69) is 11.9 Å². The van der Waals surface area contributed by atoms with Crippen molar-refractivity contribution in [3.05, 3.63) is 42.5 Å². The Morgan fingerprint density at radius 3 is 3.00 bits per heavy atom. The van der Waals surface area contributed by atoms with Crippen LogP contribution in [0.3, 0.4) is 0 Å². The molecule has 0 radical (unpaired) electrons. The number of rotatable bonds is 6. The highest BCUT2D eigenvalue weighted by Crippen LogP contribution is 2.18. The summed E-state index contributed by atoms with van der Waals surface area (Å²) in [6, 6.07) is 7.17. The first-order chi connectivity index (χ1) is 7.76. The van der Waals surface area contributed by atoms with Crippen LogP contribution in [0.5, 0.6) is 0 Å². The molecule has 0 aromatic heterocycles. The van der Waals surface area contributed by atoms with Gasteiger partial charge in [0.25, 0.3) is 0 Å². The van der Waals surface area contributed by atoms with Gasteiger partial charge in [0, 0.05) is 17.0 Å². The summed E-state index contributed by atoms with van der Waals surface area (Å²) in [7, 11) is 0. The molecule has 3 nitrogen and oxygen atoms in total. The van der Waals surface area contributed by atoms with Gasteiger partial charge in [-0.2, -0.15) is 0 Å². The fourth-order valence-electron chi connectivity index (χ4n) is 1.06. The highest BCUT2D eigenvalue weighted by Gasteiger charge is 2.01. The second-order valence-corrected chi connectivity index (χ2v) is 4.12. The lowest BCUT2D eigenvalue weighted by atomic mass is 10.2. The zero-order valence-corrected chi connectivity index (χ0v) is 9.63. The molecule has 0 atom stereocenters. The second-order valence-electron chi connectivity index (χ2n) is 3.07. The van der Waals surface area contributed by atoms with E-state index in [1.54, 1.807) is 24.3 Å². The first-order valence-corrected chi connectivity index (χ1v) is 5.80. The molecule has 0 bridgehead atoms. The third-order valence-corrected chi connectivity index (χ3v) is 2.80. The molecule has 16 heavy (non-hydrogen) atoms. The monoisotopic (exact) mass is 235 g/mol. The molecule has 0 saturated carbocycles. The van der Waals surface area contributed by atoms with Gasteiger partial charge >= 0.3 is 0 Å². The Hall–Kier alpha value is -1.55. The van der Waals surface area contributed by atoms with Crippen molar-refractivity contribution in [2.75, 3.05) is 12.3 Å². The first kappa shape index (κ1) is 12.5. The number of carbonyl (C=O) groups is 2. The van der Waals surface area contributed by atoms with E-state index in [0.29, 0.717) is 17.9 Å². The largest absolute Gasteiger partial charge is 0.352 e. The summed E-state index contributed by atoms with van der Waals surface area (Å²) in [4.78, 5) is 22.7. The Morgan fingerprint density at radius 2 is 2.31 bits per heavy atom. The molecule has 1 rings (SSSR count). The van der Waals surface area contributed by atoms with Crippen LogP contribution in [-0.2, 0) is 4.79 Å². The van der Waals surface area contributed by atoms with Crippen molar-refractivity contribution in [2.45, 2.75) is 4.90 Å². The average Bonchev–Trinajstić information content (AvgIpc) is 2.34. The normalized spacial score (nSPS) is 9.50. The molecular formula is C12H13NO2S. The van der Waals surface area contributed by atoms with Crippen molar-refractivity contribution in [1.29, 1.82) is 0 Å². The number of hydrogen-bond acceptors (Lipinski definition) is 3. The van der Waals surface area contributed by atoms with Gasteiger partial charge in [0.05, 0.1) is 5.75 Å². The van der Waals surface area contributed by atoms with Gasteiger partial charge in [-0.15, -0.1) is 18.3 Å². The Labute approximate surface area is 98.9 Å². The Morgan fingerprint density at radius 1 is 1.50 bits per heavy atom. The van der Waals surface area contributed by atoms with E-state index in [9.17, 15) is 9.59 Å². The van der Waals surface area contributed by atoms with Crippen LogP contribution in [0.1, 0.15) is 10.4 Å². The lowest BCUT2D eigenvalue weighted by molar-refractivity contribution is -0.118. The Bertz CT molecular complexity index is 390. The van der Waals surface area contributed by atoms with E-state index in [-0.39, 0.29) is 5.91 Å². The molecule has 0 aliphatic rings. The van der Waals surface area contributed by atoms with Crippen molar-refractivity contribution in [1.82, 2.24) is 5.32 Å². The molecule has 1 N–H and O–H groups in total. The van der Waals surface area contributed by atoms with Crippen molar-refractivity contribution < 1.29 is 9.59 Å². The molecule has 0 fully saturated rings. The number of nitrogens with one attached hydrogen (secondary N) is 1. The molecule has 1 amide bonds. The van der Waals surface area contributed by atoms with Crippen LogP contribution < -0.4 is 5.32 Å². The predicted molar refractivity (Wildman–Crippen MR) is 65.8 cm³/mol. The Kier molecular flexibility index (Phi) is 5.36. The molecule has 1 aromatic rings. The fourth-order valence-corrected chi connectivity index (χ4v) is 1.86. The van der Waals surface area contributed by atoms with E-state index in [1.807, 2.05) is 6.07 Å². The molecular weight excluding hydrogens is 222 g/mol. The highest BCUT2D eigenvalue weighted by molar-refractivity contribution is 8.00. The summed E-state index contributed by atoms with van der Waals surface area (Å²) in [5.41, 5.74) is 0.622. The van der Waals surface area contributed by atoms with Gasteiger partial charge in [0.15, 0.2) is 0 Å². The van der Waals surface area contributed by atoms with Crippen LogP contribution in [0, 0.1) is 0 Å². The second kappa shape index (κ2) is 6.85. The lowest BCUT2D eigenvalue weighted by Crippen LogP contribution is -2.24. The number of aldehydes is 1. The fraction of sp³-hybridized carbons (Fsp3) is 0.167. The molecule has 0 spiro atoms. The topological polar surface area (TPSA) is 46.2 Å². The predicted octanol–water partition coefficient (Wildman–Crippen LogP) is 1.89.